The van der Waals surface area contributed by atoms with Crippen LogP contribution < -0.4 is 0 Å². The molecular weight excluding hydrogens is 284 g/mol. The molecule has 23 heavy (non-hydrogen) atoms. The molecule has 4 heteroatoms. The molecule has 3 heterocycles. The van der Waals surface area contributed by atoms with Gasteiger partial charge in [-0.3, -0.25) is 4.40 Å². The lowest BCUT2D eigenvalue weighted by atomic mass is 10.0. The molecule has 1 aliphatic rings. The van der Waals surface area contributed by atoms with Crippen LogP contribution in [0.1, 0.15) is 0 Å². The van der Waals surface area contributed by atoms with Crippen LogP contribution in [0.5, 0.6) is 0 Å². The molecule has 1 aliphatic carbocycles. The average Bonchev–Trinajstić information content (AvgIpc) is 3.21. The normalized spacial score (nSPS) is 12.6. The lowest BCUT2D eigenvalue weighted by Crippen LogP contribution is -1.89. The van der Waals surface area contributed by atoms with Gasteiger partial charge in [0.15, 0.2) is 5.65 Å². The number of hydrogen-bond acceptors (Lipinski definition) is 2. The Kier molecular flexibility index (Phi) is 1.79. The number of aryl methyl sites for hydroxylation is 1. The van der Waals surface area contributed by atoms with E-state index in [2.05, 4.69) is 68.4 Å². The second kappa shape index (κ2) is 3.60. The fraction of sp³-hybridized carbons (Fsp3) is 0.0526. The van der Waals surface area contributed by atoms with E-state index in [4.69, 9.17) is 0 Å². The number of benzene rings is 2. The van der Waals surface area contributed by atoms with Gasteiger partial charge in [0.1, 0.15) is 17.5 Å². The number of fused-ring (bicyclic) bond motifs is 8. The van der Waals surface area contributed by atoms with E-state index >= 15 is 0 Å². The summed E-state index contributed by atoms with van der Waals surface area (Å²) in [7, 11) is 2.09. The van der Waals surface area contributed by atoms with E-state index in [0.29, 0.717) is 0 Å². The highest BCUT2D eigenvalue weighted by Gasteiger charge is 2.28. The third kappa shape index (κ3) is 1.13. The molecule has 6 rings (SSSR count). The van der Waals surface area contributed by atoms with Crippen LogP contribution in [0.25, 0.3) is 50.0 Å². The Labute approximate surface area is 131 Å². The minimum absolute atomic E-state index is 0.963. The maximum Gasteiger partial charge on any atom is 0.166 e. The molecule has 0 N–H and O–H groups in total. The summed E-state index contributed by atoms with van der Waals surface area (Å²) in [5, 5.41) is 1.33. The number of nitrogens with zero attached hydrogens (tertiary/aromatic N) is 4. The second-order valence-corrected chi connectivity index (χ2v) is 6.07. The molecular formula is C19H12N4. The molecule has 108 valence electrons. The zero-order chi connectivity index (χ0) is 15.1. The van der Waals surface area contributed by atoms with Crippen molar-refractivity contribution in [3.63, 3.8) is 0 Å². The second-order valence-electron chi connectivity index (χ2n) is 6.07. The van der Waals surface area contributed by atoms with Gasteiger partial charge in [0.2, 0.25) is 0 Å². The van der Waals surface area contributed by atoms with Gasteiger partial charge in [0.05, 0.1) is 11.7 Å². The van der Waals surface area contributed by atoms with Crippen molar-refractivity contribution >= 4 is 27.7 Å². The van der Waals surface area contributed by atoms with Crippen LogP contribution in [0.15, 0.2) is 55.0 Å². The minimum Gasteiger partial charge on any atom is -0.326 e. The smallest absolute Gasteiger partial charge is 0.166 e. The van der Waals surface area contributed by atoms with Gasteiger partial charge in [0.25, 0.3) is 0 Å². The molecule has 0 spiro atoms. The van der Waals surface area contributed by atoms with E-state index < -0.39 is 0 Å². The maximum atomic E-state index is 4.53. The molecule has 0 bridgehead atoms. The van der Waals surface area contributed by atoms with Crippen LogP contribution >= 0.6 is 0 Å². The quantitative estimate of drug-likeness (QED) is 0.424. The minimum atomic E-state index is 0.963. The largest absolute Gasteiger partial charge is 0.326 e. The van der Waals surface area contributed by atoms with Crippen molar-refractivity contribution in [2.24, 2.45) is 7.05 Å². The van der Waals surface area contributed by atoms with Crippen LogP contribution in [0.3, 0.4) is 0 Å². The summed E-state index contributed by atoms with van der Waals surface area (Å²) in [6.45, 7) is 0. The summed E-state index contributed by atoms with van der Waals surface area (Å²) in [6, 6.07) is 15.2. The third-order valence-electron chi connectivity index (χ3n) is 5.02. The highest BCUT2D eigenvalue weighted by Crippen LogP contribution is 2.50. The Hall–Kier alpha value is -3.14. The molecule has 5 aromatic rings. The standard InChI is InChI=1S/C19H12N4/c1-22-15-9-20-10-21-18(15)23-14-8-4-7-12-11-5-2-3-6-13(11)17(16(12)14)19(22)23/h2-10H,1H3. The molecule has 0 saturated carbocycles. The first-order valence-corrected chi connectivity index (χ1v) is 7.67. The van der Waals surface area contributed by atoms with E-state index in [9.17, 15) is 0 Å². The summed E-state index contributed by atoms with van der Waals surface area (Å²) in [5.41, 5.74) is 9.68. The van der Waals surface area contributed by atoms with Crippen LogP contribution in [0.4, 0.5) is 0 Å². The van der Waals surface area contributed by atoms with Gasteiger partial charge in [-0.25, -0.2) is 9.97 Å². The van der Waals surface area contributed by atoms with E-state index in [0.717, 1.165) is 11.2 Å². The van der Waals surface area contributed by atoms with Gasteiger partial charge in [-0.1, -0.05) is 36.4 Å². The first kappa shape index (κ1) is 11.4. The first-order valence-electron chi connectivity index (χ1n) is 7.67. The molecule has 2 aromatic carbocycles. The fourth-order valence-electron chi connectivity index (χ4n) is 4.11. The Morgan fingerprint density at radius 2 is 1.70 bits per heavy atom. The molecule has 0 amide bonds. The number of hydrogen-bond donors (Lipinski definition) is 0. The third-order valence-corrected chi connectivity index (χ3v) is 5.02. The number of rotatable bonds is 0. The lowest BCUT2D eigenvalue weighted by molar-refractivity contribution is 0.993. The van der Waals surface area contributed by atoms with E-state index in [1.807, 2.05) is 6.20 Å². The van der Waals surface area contributed by atoms with Gasteiger partial charge in [-0.2, -0.15) is 0 Å². The van der Waals surface area contributed by atoms with Crippen molar-refractivity contribution in [1.82, 2.24) is 18.9 Å². The van der Waals surface area contributed by atoms with E-state index in [-0.39, 0.29) is 0 Å². The molecule has 0 atom stereocenters. The molecule has 0 saturated heterocycles. The molecule has 0 unspecified atom stereocenters. The van der Waals surface area contributed by atoms with Crippen LogP contribution in [-0.2, 0) is 7.05 Å². The van der Waals surface area contributed by atoms with Crippen LogP contribution in [0.2, 0.25) is 0 Å². The summed E-state index contributed by atoms with van der Waals surface area (Å²) in [4.78, 5) is 8.73. The Bertz CT molecular complexity index is 1270. The van der Waals surface area contributed by atoms with Crippen molar-refractivity contribution in [3.8, 4) is 22.3 Å². The predicted molar refractivity (Wildman–Crippen MR) is 91.4 cm³/mol. The van der Waals surface area contributed by atoms with Gasteiger partial charge in [-0.05, 0) is 22.8 Å². The van der Waals surface area contributed by atoms with Crippen molar-refractivity contribution in [1.29, 1.82) is 0 Å². The maximum absolute atomic E-state index is 4.53. The molecule has 0 fully saturated rings. The molecule has 4 nitrogen and oxygen atoms in total. The summed E-state index contributed by atoms with van der Waals surface area (Å²) in [5.74, 6) is 0. The van der Waals surface area contributed by atoms with Crippen molar-refractivity contribution in [3.05, 3.63) is 55.0 Å². The number of imidazole rings is 1. The van der Waals surface area contributed by atoms with Gasteiger partial charge in [-0.15, -0.1) is 0 Å². The number of aromatic nitrogens is 4. The topological polar surface area (TPSA) is 35.1 Å². The Balaban J connectivity index is 2.01. The molecule has 0 aliphatic heterocycles. The van der Waals surface area contributed by atoms with Gasteiger partial charge >= 0.3 is 0 Å². The van der Waals surface area contributed by atoms with Crippen LogP contribution in [-0.4, -0.2) is 18.9 Å². The summed E-state index contributed by atoms with van der Waals surface area (Å²) < 4.78 is 4.47. The summed E-state index contributed by atoms with van der Waals surface area (Å²) in [6.07, 6.45) is 3.51. The van der Waals surface area contributed by atoms with Gasteiger partial charge in [0, 0.05) is 18.0 Å². The van der Waals surface area contributed by atoms with E-state index in [1.165, 1.54) is 38.8 Å². The predicted octanol–water partition coefficient (Wildman–Crippen LogP) is 4.02. The summed E-state index contributed by atoms with van der Waals surface area (Å²) >= 11 is 0. The van der Waals surface area contributed by atoms with Crippen molar-refractivity contribution in [2.45, 2.75) is 0 Å². The fourth-order valence-corrected chi connectivity index (χ4v) is 4.11. The zero-order valence-electron chi connectivity index (χ0n) is 12.5. The highest BCUT2D eigenvalue weighted by atomic mass is 15.2. The SMILES string of the molecule is Cn1c2cncnc2n2c3cccc4c3c(c12)-c1ccccc1-4. The monoisotopic (exact) mass is 296 g/mol. The average molecular weight is 296 g/mol. The Morgan fingerprint density at radius 3 is 2.61 bits per heavy atom. The molecule has 3 aromatic heterocycles. The van der Waals surface area contributed by atoms with Gasteiger partial charge < -0.3 is 4.57 Å². The highest BCUT2D eigenvalue weighted by molar-refractivity contribution is 6.21. The van der Waals surface area contributed by atoms with Crippen molar-refractivity contribution < 1.29 is 0 Å². The van der Waals surface area contributed by atoms with Crippen LogP contribution in [0, 0.1) is 0 Å². The lowest BCUT2D eigenvalue weighted by Gasteiger charge is -2.03. The zero-order valence-corrected chi connectivity index (χ0v) is 12.5. The van der Waals surface area contributed by atoms with E-state index in [1.54, 1.807) is 6.33 Å². The Morgan fingerprint density at radius 1 is 0.870 bits per heavy atom. The molecule has 0 radical (unpaired) electrons. The van der Waals surface area contributed by atoms with Crippen molar-refractivity contribution in [2.75, 3.05) is 0 Å². The first-order chi connectivity index (χ1) is 11.4.